The van der Waals surface area contributed by atoms with Crippen LogP contribution in [-0.2, 0) is 16.0 Å². The first-order valence-electron chi connectivity index (χ1n) is 9.30. The highest BCUT2D eigenvalue weighted by Gasteiger charge is 2.33. The zero-order valence-electron chi connectivity index (χ0n) is 15.5. The molecule has 0 aliphatic heterocycles. The summed E-state index contributed by atoms with van der Waals surface area (Å²) in [6, 6.07) is 3.57. The average Bonchev–Trinajstić information content (AvgIpc) is 2.61. The highest BCUT2D eigenvalue weighted by molar-refractivity contribution is 7.92. The zero-order chi connectivity index (χ0) is 18.2. The van der Waals surface area contributed by atoms with Gasteiger partial charge in [-0.25, -0.2) is 4.98 Å². The Morgan fingerprint density at radius 3 is 2.88 bits per heavy atom. The van der Waals surface area contributed by atoms with Gasteiger partial charge in [0, 0.05) is 12.3 Å². The minimum absolute atomic E-state index is 0.0118. The summed E-state index contributed by atoms with van der Waals surface area (Å²) < 4.78 is 17.9. The van der Waals surface area contributed by atoms with Crippen molar-refractivity contribution < 1.29 is 14.1 Å². The monoisotopic (exact) mass is 366 g/mol. The number of pyridine rings is 1. The molecule has 1 heterocycles. The second kappa shape index (κ2) is 10.0. The Labute approximate surface area is 154 Å². The van der Waals surface area contributed by atoms with Crippen LogP contribution in [0, 0.1) is 5.92 Å². The smallest absolute Gasteiger partial charge is 0.228 e. The summed E-state index contributed by atoms with van der Waals surface area (Å²) in [5.74, 6) is 1.90. The van der Waals surface area contributed by atoms with Crippen LogP contribution in [0.5, 0.6) is 5.75 Å². The van der Waals surface area contributed by atoms with E-state index in [4.69, 9.17) is 4.74 Å². The lowest BCUT2D eigenvalue weighted by Crippen LogP contribution is -2.35. The van der Waals surface area contributed by atoms with Crippen molar-refractivity contribution >= 4 is 22.9 Å². The summed E-state index contributed by atoms with van der Waals surface area (Å²) in [5.41, 5.74) is 0. The number of nitrogens with zero attached hydrogens (tertiary/aromatic N) is 1. The number of carbonyl (C=O) groups excluding carboxylic acids is 1. The van der Waals surface area contributed by atoms with Crippen LogP contribution in [0.3, 0.4) is 0 Å². The SMILES string of the molecule is CCCC[S+]([O-])[C@@H]1CCC[C@@H](C(=O)Nc2ccc(OC(C)C)cn2)C1. The number of amides is 1. The van der Waals surface area contributed by atoms with Gasteiger partial charge in [0.2, 0.25) is 5.91 Å². The van der Waals surface area contributed by atoms with E-state index in [0.29, 0.717) is 11.6 Å². The van der Waals surface area contributed by atoms with Crippen molar-refractivity contribution in [1.82, 2.24) is 4.98 Å². The largest absolute Gasteiger partial charge is 0.616 e. The van der Waals surface area contributed by atoms with Gasteiger partial charge in [-0.1, -0.05) is 24.5 Å². The normalized spacial score (nSPS) is 21.8. The Bertz CT molecular complexity index is 536. The van der Waals surface area contributed by atoms with Crippen LogP contribution in [-0.4, -0.2) is 32.6 Å². The third-order valence-corrected chi connectivity index (χ3v) is 6.29. The first kappa shape index (κ1) is 20.0. The van der Waals surface area contributed by atoms with Crippen LogP contribution < -0.4 is 10.1 Å². The number of nitrogens with one attached hydrogen (secondary N) is 1. The van der Waals surface area contributed by atoms with Gasteiger partial charge in [0.05, 0.1) is 12.3 Å². The molecule has 0 bridgehead atoms. The van der Waals surface area contributed by atoms with Crippen LogP contribution in [0.2, 0.25) is 0 Å². The molecule has 1 amide bonds. The summed E-state index contributed by atoms with van der Waals surface area (Å²) in [4.78, 5) is 16.8. The van der Waals surface area contributed by atoms with E-state index < -0.39 is 11.2 Å². The Morgan fingerprint density at radius 1 is 1.44 bits per heavy atom. The lowest BCUT2D eigenvalue weighted by Gasteiger charge is -2.29. The van der Waals surface area contributed by atoms with Crippen molar-refractivity contribution in [3.63, 3.8) is 0 Å². The molecule has 5 nitrogen and oxygen atoms in total. The van der Waals surface area contributed by atoms with Crippen LogP contribution in [0.1, 0.15) is 59.3 Å². The Morgan fingerprint density at radius 2 is 2.24 bits per heavy atom. The maximum absolute atomic E-state index is 12.5. The predicted molar refractivity (Wildman–Crippen MR) is 102 cm³/mol. The van der Waals surface area contributed by atoms with E-state index >= 15 is 0 Å². The molecule has 25 heavy (non-hydrogen) atoms. The van der Waals surface area contributed by atoms with Gasteiger partial charge < -0.3 is 14.6 Å². The van der Waals surface area contributed by atoms with E-state index in [2.05, 4.69) is 17.2 Å². The minimum atomic E-state index is -0.811. The fourth-order valence-electron chi connectivity index (χ4n) is 3.10. The molecule has 1 aromatic rings. The van der Waals surface area contributed by atoms with E-state index in [1.165, 1.54) is 0 Å². The average molecular weight is 367 g/mol. The highest BCUT2D eigenvalue weighted by atomic mass is 32.2. The molecule has 1 fully saturated rings. The molecule has 0 aromatic carbocycles. The molecule has 0 saturated heterocycles. The summed E-state index contributed by atoms with van der Waals surface area (Å²) in [6.45, 7) is 6.03. The van der Waals surface area contributed by atoms with E-state index in [-0.39, 0.29) is 23.2 Å². The molecule has 1 N–H and O–H groups in total. The van der Waals surface area contributed by atoms with Crippen molar-refractivity contribution in [1.29, 1.82) is 0 Å². The number of anilines is 1. The first-order chi connectivity index (χ1) is 12.0. The van der Waals surface area contributed by atoms with E-state index in [1.807, 2.05) is 19.9 Å². The van der Waals surface area contributed by atoms with Crippen LogP contribution in [0.25, 0.3) is 0 Å². The topological polar surface area (TPSA) is 74.3 Å². The van der Waals surface area contributed by atoms with Gasteiger partial charge >= 0.3 is 0 Å². The summed E-state index contributed by atoms with van der Waals surface area (Å²) >= 11 is -0.811. The van der Waals surface area contributed by atoms with Crippen molar-refractivity contribution in [3.8, 4) is 5.75 Å². The maximum Gasteiger partial charge on any atom is 0.228 e. The molecule has 1 aliphatic rings. The van der Waals surface area contributed by atoms with Gasteiger partial charge in [-0.15, -0.1) is 0 Å². The lowest BCUT2D eigenvalue weighted by molar-refractivity contribution is -0.120. The number of rotatable bonds is 8. The zero-order valence-corrected chi connectivity index (χ0v) is 16.3. The number of hydrogen-bond acceptors (Lipinski definition) is 4. The third kappa shape index (κ3) is 6.51. The van der Waals surface area contributed by atoms with E-state index in [0.717, 1.165) is 44.3 Å². The molecule has 1 unspecified atom stereocenters. The van der Waals surface area contributed by atoms with Gasteiger partial charge in [-0.2, -0.15) is 0 Å². The van der Waals surface area contributed by atoms with Crippen molar-refractivity contribution in [2.24, 2.45) is 5.92 Å². The van der Waals surface area contributed by atoms with Crippen LogP contribution >= 0.6 is 0 Å². The molecule has 3 atom stereocenters. The molecule has 140 valence electrons. The van der Waals surface area contributed by atoms with Gasteiger partial charge in [0.15, 0.2) is 0 Å². The number of aromatic nitrogens is 1. The molecule has 6 heteroatoms. The van der Waals surface area contributed by atoms with E-state index in [9.17, 15) is 9.35 Å². The number of unbranched alkanes of at least 4 members (excludes halogenated alkanes) is 1. The molecule has 1 saturated carbocycles. The van der Waals surface area contributed by atoms with Gasteiger partial charge in [0.25, 0.3) is 0 Å². The molecular formula is C19H30N2O3S. The van der Waals surface area contributed by atoms with Crippen molar-refractivity contribution in [2.45, 2.75) is 70.7 Å². The Kier molecular flexibility index (Phi) is 8.03. The molecule has 0 spiro atoms. The van der Waals surface area contributed by atoms with E-state index in [1.54, 1.807) is 12.3 Å². The predicted octanol–water partition coefficient (Wildman–Crippen LogP) is 3.91. The molecule has 2 rings (SSSR count). The van der Waals surface area contributed by atoms with Crippen molar-refractivity contribution in [3.05, 3.63) is 18.3 Å². The Hall–Kier alpha value is -1.27. The number of carbonyl (C=O) groups is 1. The minimum Gasteiger partial charge on any atom is -0.616 e. The highest BCUT2D eigenvalue weighted by Crippen LogP contribution is 2.30. The summed E-state index contributed by atoms with van der Waals surface area (Å²) in [6.07, 6.45) is 7.29. The first-order valence-corrected chi connectivity index (χ1v) is 10.7. The third-order valence-electron chi connectivity index (χ3n) is 4.43. The second-order valence-corrected chi connectivity index (χ2v) is 8.80. The number of hydrogen-bond donors (Lipinski definition) is 1. The van der Waals surface area contributed by atoms with Gasteiger partial charge in [-0.05, 0) is 51.7 Å². The second-order valence-electron chi connectivity index (χ2n) is 6.96. The maximum atomic E-state index is 12.5. The van der Waals surface area contributed by atoms with Crippen molar-refractivity contribution in [2.75, 3.05) is 11.1 Å². The number of ether oxygens (including phenoxy) is 1. The van der Waals surface area contributed by atoms with Crippen LogP contribution in [0.4, 0.5) is 5.82 Å². The summed E-state index contributed by atoms with van der Waals surface area (Å²) in [5, 5.41) is 3.05. The lowest BCUT2D eigenvalue weighted by atomic mass is 9.88. The molecule has 0 radical (unpaired) electrons. The summed E-state index contributed by atoms with van der Waals surface area (Å²) in [7, 11) is 0. The molecule has 1 aromatic heterocycles. The quantitative estimate of drug-likeness (QED) is 0.708. The molecular weight excluding hydrogens is 336 g/mol. The fraction of sp³-hybridized carbons (Fsp3) is 0.684. The van der Waals surface area contributed by atoms with Gasteiger partial charge in [-0.3, -0.25) is 4.79 Å². The Balaban J connectivity index is 1.87. The fourth-order valence-corrected chi connectivity index (χ4v) is 4.88. The van der Waals surface area contributed by atoms with Gasteiger partial charge in [0.1, 0.15) is 22.6 Å². The van der Waals surface area contributed by atoms with Crippen LogP contribution in [0.15, 0.2) is 18.3 Å². The molecule has 1 aliphatic carbocycles. The standard InChI is InChI=1S/C19H30N2O3S/c1-4-5-11-25(23)17-8-6-7-15(12-17)19(22)21-18-10-9-16(13-20-18)24-14(2)3/h9-10,13-15,17H,4-8,11-12H2,1-3H3,(H,20,21,22)/t15-,17-,25?/m1/s1.